The van der Waals surface area contributed by atoms with Gasteiger partial charge in [0.1, 0.15) is 17.6 Å². The van der Waals surface area contributed by atoms with Crippen LogP contribution in [0.15, 0.2) is 32.2 Å². The fraction of sp³-hybridized carbons (Fsp3) is 0.438. The van der Waals surface area contributed by atoms with Gasteiger partial charge in [-0.1, -0.05) is 5.16 Å². The third-order valence-corrected chi connectivity index (χ3v) is 5.68. The van der Waals surface area contributed by atoms with Crippen molar-refractivity contribution in [1.82, 2.24) is 15.3 Å². The van der Waals surface area contributed by atoms with Crippen molar-refractivity contribution in [2.24, 2.45) is 5.16 Å². The normalized spacial score (nSPS) is 24.5. The van der Waals surface area contributed by atoms with Gasteiger partial charge in [0.05, 0.1) is 22.3 Å². The Kier molecular flexibility index (Phi) is 5.92. The number of hydrogen-bond acceptors (Lipinski definition) is 7. The van der Waals surface area contributed by atoms with Gasteiger partial charge < -0.3 is 30.7 Å². The fourth-order valence-corrected chi connectivity index (χ4v) is 4.70. The van der Waals surface area contributed by atoms with Crippen LogP contribution in [-0.2, 0) is 20.8 Å². The molecule has 146 valence electrons. The number of nitrogens with zero attached hydrogens (tertiary/aromatic N) is 2. The van der Waals surface area contributed by atoms with Gasteiger partial charge in [-0.2, -0.15) is 0 Å². The quantitative estimate of drug-likeness (QED) is 0.433. The first-order valence-electron chi connectivity index (χ1n) is 8.19. The van der Waals surface area contributed by atoms with E-state index in [1.807, 2.05) is 0 Å². The molecule has 0 fully saturated rings. The van der Waals surface area contributed by atoms with Gasteiger partial charge in [0, 0.05) is 18.7 Å². The molecule has 1 amide bonds. The number of amides is 1. The van der Waals surface area contributed by atoms with Gasteiger partial charge in [0.25, 0.3) is 5.91 Å². The summed E-state index contributed by atoms with van der Waals surface area (Å²) in [7, 11) is 1.50. The smallest absolute Gasteiger partial charge is 0.269 e. The number of rotatable bonds is 6. The lowest BCUT2D eigenvalue weighted by atomic mass is 9.87. The first-order valence-corrected chi connectivity index (χ1v) is 9.78. The minimum atomic E-state index is -1.15. The van der Waals surface area contributed by atoms with Gasteiger partial charge in [-0.3, -0.25) is 4.79 Å². The number of ether oxygens (including phenoxy) is 1. The van der Waals surface area contributed by atoms with E-state index in [0.29, 0.717) is 40.1 Å². The van der Waals surface area contributed by atoms with Crippen LogP contribution in [0.3, 0.4) is 0 Å². The number of anilines is 1. The van der Waals surface area contributed by atoms with Crippen LogP contribution in [0.1, 0.15) is 18.5 Å². The number of allylic oxidation sites excluding steroid dienone is 1. The first kappa shape index (κ1) is 19.9. The van der Waals surface area contributed by atoms with Gasteiger partial charge >= 0.3 is 0 Å². The van der Waals surface area contributed by atoms with Crippen LogP contribution >= 0.6 is 31.9 Å². The Morgan fingerprint density at radius 3 is 3.04 bits per heavy atom. The summed E-state index contributed by atoms with van der Waals surface area (Å²) in [4.78, 5) is 24.7. The number of carbonyl (C=O) groups is 1. The highest BCUT2D eigenvalue weighted by molar-refractivity contribution is 9.12. The number of imidazole rings is 1. The van der Waals surface area contributed by atoms with E-state index in [1.54, 1.807) is 12.3 Å². The topological polar surface area (TPSA) is 135 Å². The molecule has 5 N–H and O–H groups in total. The van der Waals surface area contributed by atoms with Crippen LogP contribution < -0.4 is 11.1 Å². The maximum Gasteiger partial charge on any atom is 0.269 e. The van der Waals surface area contributed by atoms with Crippen molar-refractivity contribution in [2.45, 2.75) is 31.0 Å². The Morgan fingerprint density at radius 1 is 1.59 bits per heavy atom. The van der Waals surface area contributed by atoms with E-state index in [-0.39, 0.29) is 18.0 Å². The third-order valence-electron chi connectivity index (χ3n) is 4.30. The number of aliphatic hydroxyl groups is 1. The molecule has 9 nitrogen and oxygen atoms in total. The number of hydrogen-bond donors (Lipinski definition) is 4. The number of nitrogens with one attached hydrogen (secondary N) is 2. The Labute approximate surface area is 172 Å². The predicted molar refractivity (Wildman–Crippen MR) is 106 cm³/mol. The highest BCUT2D eigenvalue weighted by atomic mass is 79.9. The van der Waals surface area contributed by atoms with Crippen molar-refractivity contribution < 1.29 is 19.5 Å². The zero-order valence-electron chi connectivity index (χ0n) is 14.5. The SMILES string of the molecule is COC1=C(Br)C(O)C2(C=C1Br)CC(C(=O)NCCCc1cnc(N)[nH]1)=NO2. The first-order chi connectivity index (χ1) is 12.9. The molecule has 0 radical (unpaired) electrons. The molecule has 2 aliphatic rings. The van der Waals surface area contributed by atoms with Crippen LogP contribution in [0.25, 0.3) is 0 Å². The van der Waals surface area contributed by atoms with Crippen molar-refractivity contribution in [1.29, 1.82) is 0 Å². The summed E-state index contributed by atoms with van der Waals surface area (Å²) in [6, 6.07) is 0. The van der Waals surface area contributed by atoms with Gasteiger partial charge in [0.2, 0.25) is 0 Å². The van der Waals surface area contributed by atoms with Gasteiger partial charge in [-0.15, -0.1) is 0 Å². The fourth-order valence-electron chi connectivity index (χ4n) is 2.91. The van der Waals surface area contributed by atoms with Crippen LogP contribution in [-0.4, -0.2) is 52.1 Å². The number of nitrogen functional groups attached to an aromatic ring is 1. The average molecular weight is 505 g/mol. The van der Waals surface area contributed by atoms with Crippen molar-refractivity contribution in [3.05, 3.63) is 32.7 Å². The molecule has 11 heteroatoms. The number of H-pyrrole nitrogens is 1. The Hall–Kier alpha value is -1.85. The Bertz CT molecular complexity index is 835. The molecule has 0 aromatic carbocycles. The number of methoxy groups -OCH3 is 1. The van der Waals surface area contributed by atoms with Crippen LogP contribution in [0.4, 0.5) is 5.95 Å². The third kappa shape index (κ3) is 4.04. The van der Waals surface area contributed by atoms with E-state index in [9.17, 15) is 9.90 Å². The summed E-state index contributed by atoms with van der Waals surface area (Å²) in [6.07, 6.45) is 3.85. The van der Waals surface area contributed by atoms with Crippen LogP contribution in [0.2, 0.25) is 0 Å². The minimum absolute atomic E-state index is 0.137. The summed E-state index contributed by atoms with van der Waals surface area (Å²) in [5.41, 5.74) is 5.50. The second-order valence-electron chi connectivity index (χ2n) is 6.19. The number of carbonyl (C=O) groups excluding carboxylic acids is 1. The standard InChI is InChI=1S/C16H19Br2N5O4/c1-26-12-9(17)5-16(13(24)11(12)18)6-10(23-27-16)14(25)20-4-2-3-8-7-21-15(19)22-8/h5,7,13,24H,2-4,6H2,1H3,(H,20,25)(H3,19,21,22). The van der Waals surface area contributed by atoms with Crippen LogP contribution in [0, 0.1) is 0 Å². The zero-order chi connectivity index (χ0) is 19.6. The summed E-state index contributed by atoms with van der Waals surface area (Å²) < 4.78 is 6.27. The monoisotopic (exact) mass is 503 g/mol. The summed E-state index contributed by atoms with van der Waals surface area (Å²) >= 11 is 6.71. The molecule has 1 aliphatic carbocycles. The van der Waals surface area contributed by atoms with E-state index >= 15 is 0 Å². The Morgan fingerprint density at radius 2 is 2.37 bits per heavy atom. The Balaban J connectivity index is 1.54. The van der Waals surface area contributed by atoms with E-state index < -0.39 is 11.7 Å². The average Bonchev–Trinajstić information content (AvgIpc) is 3.24. The van der Waals surface area contributed by atoms with E-state index in [4.69, 9.17) is 15.3 Å². The van der Waals surface area contributed by atoms with E-state index in [0.717, 1.165) is 5.69 Å². The number of aromatic nitrogens is 2. The minimum Gasteiger partial charge on any atom is -0.495 e. The van der Waals surface area contributed by atoms with Gasteiger partial charge in [-0.05, 0) is 50.8 Å². The molecule has 1 spiro atoms. The lowest BCUT2D eigenvalue weighted by Gasteiger charge is -2.33. The molecular weight excluding hydrogens is 486 g/mol. The van der Waals surface area contributed by atoms with E-state index in [1.165, 1.54) is 7.11 Å². The molecule has 1 aliphatic heterocycles. The molecule has 0 saturated heterocycles. The van der Waals surface area contributed by atoms with Crippen molar-refractivity contribution in [3.63, 3.8) is 0 Å². The number of oxime groups is 1. The largest absolute Gasteiger partial charge is 0.495 e. The van der Waals surface area contributed by atoms with E-state index in [2.05, 4.69) is 52.3 Å². The van der Waals surface area contributed by atoms with Gasteiger partial charge in [-0.25, -0.2) is 4.98 Å². The number of aliphatic hydroxyl groups excluding tert-OH is 1. The van der Waals surface area contributed by atoms with Crippen molar-refractivity contribution in [3.8, 4) is 0 Å². The number of halogens is 2. The molecule has 1 aromatic rings. The lowest BCUT2D eigenvalue weighted by molar-refractivity contribution is -0.114. The zero-order valence-corrected chi connectivity index (χ0v) is 17.6. The molecule has 3 rings (SSSR count). The number of aryl methyl sites for hydroxylation is 1. The summed E-state index contributed by atoms with van der Waals surface area (Å²) in [5.74, 6) is 0.512. The molecule has 2 unspecified atom stereocenters. The molecule has 2 atom stereocenters. The maximum absolute atomic E-state index is 12.4. The summed E-state index contributed by atoms with van der Waals surface area (Å²) in [6.45, 7) is 0.462. The van der Waals surface area contributed by atoms with Crippen molar-refractivity contribution in [2.75, 3.05) is 19.4 Å². The summed E-state index contributed by atoms with van der Waals surface area (Å²) in [5, 5.41) is 17.3. The maximum atomic E-state index is 12.4. The highest BCUT2D eigenvalue weighted by Crippen LogP contribution is 2.43. The van der Waals surface area contributed by atoms with Crippen LogP contribution in [0.5, 0.6) is 0 Å². The molecule has 1 aromatic heterocycles. The van der Waals surface area contributed by atoms with Crippen molar-refractivity contribution >= 4 is 49.4 Å². The molecule has 27 heavy (non-hydrogen) atoms. The second kappa shape index (κ2) is 8.03. The molecular formula is C16H19Br2N5O4. The highest BCUT2D eigenvalue weighted by Gasteiger charge is 2.50. The van der Waals surface area contributed by atoms with Gasteiger partial charge in [0.15, 0.2) is 11.5 Å². The molecule has 2 heterocycles. The second-order valence-corrected chi connectivity index (χ2v) is 7.90. The number of nitrogens with two attached hydrogens (primary N) is 1. The lowest BCUT2D eigenvalue weighted by Crippen LogP contribution is -2.45. The molecule has 0 saturated carbocycles. The number of aromatic amines is 1. The predicted octanol–water partition coefficient (Wildman–Crippen LogP) is 1.46. The molecule has 0 bridgehead atoms.